The lowest BCUT2D eigenvalue weighted by molar-refractivity contribution is -0.143. The van der Waals surface area contributed by atoms with Crippen LogP contribution in [0.4, 0.5) is 0 Å². The average molecular weight is 540 g/mol. The summed E-state index contributed by atoms with van der Waals surface area (Å²) in [4.78, 5) is 29.2. The molecule has 2 amide bonds. The number of hydrogen-bond donors (Lipinski definition) is 1. The molecule has 2 aliphatic carbocycles. The van der Waals surface area contributed by atoms with Gasteiger partial charge < -0.3 is 9.84 Å². The van der Waals surface area contributed by atoms with Gasteiger partial charge in [0, 0.05) is 12.0 Å². The van der Waals surface area contributed by atoms with Gasteiger partial charge in [-0.25, -0.2) is 0 Å². The van der Waals surface area contributed by atoms with Gasteiger partial charge >= 0.3 is 0 Å². The van der Waals surface area contributed by atoms with Gasteiger partial charge in [-0.1, -0.05) is 86.7 Å². The maximum Gasteiger partial charge on any atom is 0.234 e. The minimum Gasteiger partial charge on any atom is -0.508 e. The van der Waals surface area contributed by atoms with E-state index in [0.29, 0.717) is 13.0 Å². The number of likely N-dealkylation sites (tertiary alicyclic amines) is 1. The molecule has 2 heterocycles. The lowest BCUT2D eigenvalue weighted by atomic mass is 9.68. The first kappa shape index (κ1) is 27.0. The number of rotatable bonds is 8. The van der Waals surface area contributed by atoms with Crippen molar-refractivity contribution in [2.24, 2.45) is 17.8 Å². The molecule has 2 aromatic carbocycles. The maximum atomic E-state index is 13.8. The van der Waals surface area contributed by atoms with Gasteiger partial charge in [-0.15, -0.1) is 0 Å². The fourth-order valence-electron chi connectivity index (χ4n) is 7.75. The van der Waals surface area contributed by atoms with Crippen molar-refractivity contribution in [3.8, 4) is 5.75 Å². The largest absolute Gasteiger partial charge is 0.508 e. The second-order valence-corrected chi connectivity index (χ2v) is 12.1. The van der Waals surface area contributed by atoms with E-state index in [0.717, 1.165) is 56.9 Å². The highest BCUT2D eigenvalue weighted by atomic mass is 16.5. The number of carbonyl (C=O) groups excluding carboxylic acids is 2. The number of allylic oxidation sites excluding steroid dienone is 2. The molecule has 4 aliphatic rings. The van der Waals surface area contributed by atoms with Crippen LogP contribution in [0.25, 0.3) is 11.6 Å². The Balaban J connectivity index is 1.25. The first-order valence-electron chi connectivity index (χ1n) is 15.3. The minimum atomic E-state index is -0.254. The molecule has 1 saturated carbocycles. The van der Waals surface area contributed by atoms with Crippen LogP contribution in [0.15, 0.2) is 65.7 Å². The van der Waals surface area contributed by atoms with Crippen molar-refractivity contribution in [3.63, 3.8) is 0 Å². The van der Waals surface area contributed by atoms with E-state index in [-0.39, 0.29) is 47.5 Å². The molecule has 3 fully saturated rings. The molecule has 1 N–H and O–H groups in total. The van der Waals surface area contributed by atoms with E-state index in [1.165, 1.54) is 28.7 Å². The van der Waals surface area contributed by atoms with Crippen LogP contribution >= 0.6 is 0 Å². The van der Waals surface area contributed by atoms with E-state index in [4.69, 9.17) is 4.74 Å². The second-order valence-electron chi connectivity index (χ2n) is 12.1. The number of benzene rings is 2. The predicted octanol–water partition coefficient (Wildman–Crippen LogP) is 7.16. The number of ether oxygens (including phenoxy) is 1. The Bertz CT molecular complexity index is 1290. The molecule has 5 heteroatoms. The van der Waals surface area contributed by atoms with E-state index >= 15 is 0 Å². The summed E-state index contributed by atoms with van der Waals surface area (Å²) in [6.45, 7) is 2.73. The normalized spacial score (nSPS) is 27.3. The van der Waals surface area contributed by atoms with Crippen LogP contribution < -0.4 is 0 Å². The number of phenolic OH excluding ortho intramolecular Hbond substituents is 1. The molecule has 0 spiro atoms. The molecule has 40 heavy (non-hydrogen) atoms. The highest BCUT2D eigenvalue weighted by molar-refractivity contribution is 6.06. The Morgan fingerprint density at radius 1 is 0.975 bits per heavy atom. The molecule has 0 unspecified atom stereocenters. The lowest BCUT2D eigenvalue weighted by Crippen LogP contribution is -2.42. The number of hydrogen-bond acceptors (Lipinski definition) is 4. The smallest absolute Gasteiger partial charge is 0.234 e. The zero-order chi connectivity index (χ0) is 27.6. The molecule has 6 rings (SSSR count). The first-order chi connectivity index (χ1) is 19.5. The average Bonchev–Trinajstić information content (AvgIpc) is 3.51. The number of fused-ring (bicyclic) bond motifs is 3. The van der Waals surface area contributed by atoms with Gasteiger partial charge in [0.1, 0.15) is 5.75 Å². The zero-order valence-corrected chi connectivity index (χ0v) is 23.6. The van der Waals surface area contributed by atoms with Crippen molar-refractivity contribution < 1.29 is 19.4 Å². The quantitative estimate of drug-likeness (QED) is 0.220. The van der Waals surface area contributed by atoms with E-state index in [2.05, 4.69) is 37.3 Å². The van der Waals surface area contributed by atoms with Gasteiger partial charge in [0.25, 0.3) is 0 Å². The predicted molar refractivity (Wildman–Crippen MR) is 157 cm³/mol. The summed E-state index contributed by atoms with van der Waals surface area (Å²) in [7, 11) is 0. The molecular weight excluding hydrogens is 498 g/mol. The Morgan fingerprint density at radius 3 is 2.45 bits per heavy atom. The van der Waals surface area contributed by atoms with E-state index in [9.17, 15) is 14.7 Å². The molecular formula is C35H41NO4. The van der Waals surface area contributed by atoms with E-state index in [1.807, 2.05) is 18.2 Å². The summed E-state index contributed by atoms with van der Waals surface area (Å²) in [5.74, 6) is -0.0199. The third-order valence-corrected chi connectivity index (χ3v) is 9.59. The minimum absolute atomic E-state index is 0.0222. The van der Waals surface area contributed by atoms with Crippen molar-refractivity contribution >= 4 is 23.5 Å². The van der Waals surface area contributed by atoms with Crippen LogP contribution in [0.1, 0.15) is 82.3 Å². The first-order valence-corrected chi connectivity index (χ1v) is 15.3. The molecule has 2 saturated heterocycles. The number of aromatic hydroxyl groups is 1. The van der Waals surface area contributed by atoms with Gasteiger partial charge in [-0.3, -0.25) is 14.5 Å². The standard InChI is InChI=1S/C35H41NO4/c1-2-9-26-21-29-33(35(39)36(34(29)38)27-12-7-4-8-13-27)30-22-40-31(32(26)30)19-16-25(24-10-5-3-6-11-24)20-23-14-17-28(37)18-15-23/h3,5-6,10-11,14-15,17-18,20,27,29-31,33,37H,2,4,7-9,12-13,16,19,21-22H2,1H3/b25-20-/t29-,30+,31-,33-/m1/s1. The Kier molecular flexibility index (Phi) is 7.93. The highest BCUT2D eigenvalue weighted by Gasteiger charge is 2.57. The SMILES string of the molecule is CCCC1=C2[C@@H](CC/C(=C/c3ccc(O)cc3)c3ccccc3)OC[C@@H]2[C@@H]2C(=O)N(C3CCCCC3)C(=O)[C@@H]2C1. The number of imide groups is 1. The van der Waals surface area contributed by atoms with Gasteiger partial charge in [0.2, 0.25) is 11.8 Å². The second kappa shape index (κ2) is 11.7. The third-order valence-electron chi connectivity index (χ3n) is 9.59. The Morgan fingerprint density at radius 2 is 1.73 bits per heavy atom. The number of nitrogens with zero attached hydrogens (tertiary/aromatic N) is 1. The highest BCUT2D eigenvalue weighted by Crippen LogP contribution is 2.51. The lowest BCUT2D eigenvalue weighted by Gasteiger charge is -2.32. The Hall–Kier alpha value is -3.18. The molecule has 5 nitrogen and oxygen atoms in total. The topological polar surface area (TPSA) is 66.8 Å². The summed E-state index contributed by atoms with van der Waals surface area (Å²) in [6.07, 6.45) is 11.9. The van der Waals surface area contributed by atoms with Crippen LogP contribution in [0, 0.1) is 17.8 Å². The summed E-state index contributed by atoms with van der Waals surface area (Å²) in [5.41, 5.74) is 6.14. The van der Waals surface area contributed by atoms with Gasteiger partial charge in [-0.05, 0) is 72.9 Å². The van der Waals surface area contributed by atoms with Crippen LogP contribution in [-0.2, 0) is 14.3 Å². The van der Waals surface area contributed by atoms with Crippen LogP contribution in [-0.4, -0.2) is 40.6 Å². The Labute approximate surface area is 237 Å². The monoisotopic (exact) mass is 539 g/mol. The number of amides is 2. The zero-order valence-electron chi connectivity index (χ0n) is 23.6. The summed E-state index contributed by atoms with van der Waals surface area (Å²) >= 11 is 0. The van der Waals surface area contributed by atoms with Gasteiger partial charge in [0.05, 0.1) is 24.5 Å². The third kappa shape index (κ3) is 5.16. The molecule has 0 radical (unpaired) electrons. The molecule has 0 bridgehead atoms. The van der Waals surface area contributed by atoms with Crippen molar-refractivity contribution in [2.75, 3.05) is 6.61 Å². The van der Waals surface area contributed by atoms with Crippen LogP contribution in [0.2, 0.25) is 0 Å². The van der Waals surface area contributed by atoms with E-state index in [1.54, 1.807) is 17.0 Å². The number of phenols is 1. The summed E-state index contributed by atoms with van der Waals surface area (Å²) in [6, 6.07) is 17.8. The van der Waals surface area contributed by atoms with Crippen LogP contribution in [0.5, 0.6) is 5.75 Å². The van der Waals surface area contributed by atoms with Crippen LogP contribution in [0.3, 0.4) is 0 Å². The maximum absolute atomic E-state index is 13.8. The molecule has 210 valence electrons. The van der Waals surface area contributed by atoms with Gasteiger partial charge in [0.15, 0.2) is 0 Å². The van der Waals surface area contributed by atoms with Crippen molar-refractivity contribution in [3.05, 3.63) is 76.9 Å². The summed E-state index contributed by atoms with van der Waals surface area (Å²) < 4.78 is 6.50. The van der Waals surface area contributed by atoms with Crippen molar-refractivity contribution in [1.82, 2.24) is 4.90 Å². The van der Waals surface area contributed by atoms with E-state index < -0.39 is 0 Å². The fourth-order valence-corrected chi connectivity index (χ4v) is 7.75. The van der Waals surface area contributed by atoms with Crippen molar-refractivity contribution in [2.45, 2.75) is 83.3 Å². The van der Waals surface area contributed by atoms with Crippen molar-refractivity contribution in [1.29, 1.82) is 0 Å². The molecule has 4 atom stereocenters. The number of carbonyl (C=O) groups is 2. The molecule has 0 aromatic heterocycles. The fraction of sp³-hybridized carbons (Fsp3) is 0.486. The molecule has 2 aromatic rings. The summed E-state index contributed by atoms with van der Waals surface area (Å²) in [5, 5.41) is 9.73. The van der Waals surface area contributed by atoms with Gasteiger partial charge in [-0.2, -0.15) is 0 Å². The molecule has 2 aliphatic heterocycles.